The van der Waals surface area contributed by atoms with Crippen LogP contribution in [0, 0.1) is 0 Å². The quantitative estimate of drug-likeness (QED) is 0.428. The fourth-order valence-electron chi connectivity index (χ4n) is 3.81. The topological polar surface area (TPSA) is 55.2 Å². The number of benzene rings is 2. The van der Waals surface area contributed by atoms with Crippen molar-refractivity contribution in [3.63, 3.8) is 0 Å². The monoisotopic (exact) mass is 419 g/mol. The van der Waals surface area contributed by atoms with E-state index in [0.29, 0.717) is 17.5 Å². The molecule has 6 heteroatoms. The second-order valence-corrected chi connectivity index (χ2v) is 8.25. The predicted octanol–water partition coefficient (Wildman–Crippen LogP) is 4.08. The normalized spacial score (nSPS) is 12.6. The molecule has 1 aliphatic carbocycles. The number of fused-ring (bicyclic) bond motifs is 1. The summed E-state index contributed by atoms with van der Waals surface area (Å²) in [5, 5.41) is 0.627. The van der Waals surface area contributed by atoms with Gasteiger partial charge in [-0.3, -0.25) is 14.2 Å². The molecule has 4 rings (SSSR count). The number of hydrogen-bond acceptors (Lipinski definition) is 4. The molecule has 1 heterocycles. The van der Waals surface area contributed by atoms with E-state index >= 15 is 0 Å². The Bertz CT molecular complexity index is 1080. The van der Waals surface area contributed by atoms with E-state index in [4.69, 9.17) is 4.98 Å². The van der Waals surface area contributed by atoms with Crippen molar-refractivity contribution < 1.29 is 4.79 Å². The molecule has 0 unspecified atom stereocenters. The molecule has 0 saturated heterocycles. The second kappa shape index (κ2) is 9.30. The van der Waals surface area contributed by atoms with Crippen molar-refractivity contribution in [1.82, 2.24) is 9.55 Å². The number of anilines is 1. The molecule has 0 N–H and O–H groups in total. The van der Waals surface area contributed by atoms with Gasteiger partial charge in [0.2, 0.25) is 5.91 Å². The Morgan fingerprint density at radius 2 is 1.77 bits per heavy atom. The predicted molar refractivity (Wildman–Crippen MR) is 121 cm³/mol. The molecule has 0 atom stereocenters. The summed E-state index contributed by atoms with van der Waals surface area (Å²) in [7, 11) is 0. The number of amides is 1. The number of nitrogens with zero attached hydrogens (tertiary/aromatic N) is 3. The van der Waals surface area contributed by atoms with Crippen molar-refractivity contribution in [3.8, 4) is 0 Å². The van der Waals surface area contributed by atoms with Crippen LogP contribution in [0.2, 0.25) is 0 Å². The lowest BCUT2D eigenvalue weighted by molar-refractivity contribution is -0.119. The van der Waals surface area contributed by atoms with Crippen LogP contribution in [0.1, 0.15) is 30.2 Å². The first-order chi connectivity index (χ1) is 14.7. The Morgan fingerprint density at radius 3 is 2.47 bits per heavy atom. The minimum Gasteiger partial charge on any atom is -0.311 e. The van der Waals surface area contributed by atoms with Crippen LogP contribution in [-0.2, 0) is 29.9 Å². The number of likely N-dealkylation sites (N-methyl/N-ethyl adjacent to an activating group) is 1. The molecular formula is C24H25N3O2S. The van der Waals surface area contributed by atoms with Crippen LogP contribution in [0.25, 0.3) is 0 Å². The summed E-state index contributed by atoms with van der Waals surface area (Å²) in [4.78, 5) is 32.9. The molecule has 3 aromatic rings. The lowest BCUT2D eigenvalue weighted by atomic mass is 10.2. The number of rotatable bonds is 7. The van der Waals surface area contributed by atoms with Gasteiger partial charge < -0.3 is 4.90 Å². The molecule has 0 spiro atoms. The Labute approximate surface area is 180 Å². The van der Waals surface area contributed by atoms with E-state index < -0.39 is 0 Å². The van der Waals surface area contributed by atoms with Gasteiger partial charge in [-0.1, -0.05) is 60.3 Å². The smallest absolute Gasteiger partial charge is 0.258 e. The van der Waals surface area contributed by atoms with E-state index in [1.165, 1.54) is 11.8 Å². The van der Waals surface area contributed by atoms with Crippen LogP contribution >= 0.6 is 11.8 Å². The van der Waals surface area contributed by atoms with Crippen molar-refractivity contribution in [3.05, 3.63) is 87.8 Å². The molecule has 0 fully saturated rings. The van der Waals surface area contributed by atoms with Crippen molar-refractivity contribution in [2.75, 3.05) is 11.4 Å². The number of carbonyl (C=O) groups is 1. The fourth-order valence-corrected chi connectivity index (χ4v) is 4.78. The third-order valence-corrected chi connectivity index (χ3v) is 6.39. The van der Waals surface area contributed by atoms with Crippen molar-refractivity contribution in [1.29, 1.82) is 0 Å². The Hall–Kier alpha value is -2.86. The van der Waals surface area contributed by atoms with Gasteiger partial charge >= 0.3 is 0 Å². The largest absolute Gasteiger partial charge is 0.311 e. The van der Waals surface area contributed by atoms with E-state index in [2.05, 4.69) is 12.1 Å². The van der Waals surface area contributed by atoms with Gasteiger partial charge in [0.05, 0.1) is 5.69 Å². The molecule has 1 amide bonds. The molecule has 30 heavy (non-hydrogen) atoms. The minimum atomic E-state index is -0.105. The van der Waals surface area contributed by atoms with Crippen molar-refractivity contribution >= 4 is 23.4 Å². The zero-order chi connectivity index (χ0) is 20.9. The fraction of sp³-hybridized carbons (Fsp3) is 0.292. The number of aryl methyl sites for hydroxylation is 1. The molecule has 0 radical (unpaired) electrons. The van der Waals surface area contributed by atoms with Crippen molar-refractivity contribution in [2.24, 2.45) is 0 Å². The maximum atomic E-state index is 13.2. The summed E-state index contributed by atoms with van der Waals surface area (Å²) < 4.78 is 1.58. The zero-order valence-corrected chi connectivity index (χ0v) is 17.9. The second-order valence-electron chi connectivity index (χ2n) is 7.31. The van der Waals surface area contributed by atoms with Gasteiger partial charge in [-0.15, -0.1) is 0 Å². The Morgan fingerprint density at radius 1 is 1.07 bits per heavy atom. The van der Waals surface area contributed by atoms with Gasteiger partial charge in [0.15, 0.2) is 5.16 Å². The highest BCUT2D eigenvalue weighted by molar-refractivity contribution is 7.98. The molecule has 0 bridgehead atoms. The van der Waals surface area contributed by atoms with Gasteiger partial charge in [0, 0.05) is 23.5 Å². The number of aromatic nitrogens is 2. The highest BCUT2D eigenvalue weighted by Gasteiger charge is 2.23. The summed E-state index contributed by atoms with van der Waals surface area (Å²) in [5.74, 6) is 0.600. The maximum absolute atomic E-state index is 13.2. The third kappa shape index (κ3) is 4.33. The van der Waals surface area contributed by atoms with Crippen LogP contribution in [0.15, 0.2) is 70.6 Å². The standard InChI is InChI=1S/C24H25N3O2S/c1-2-26(19-12-7-4-8-13-19)22(28)16-27-23(29)20-14-9-15-21(20)25-24(27)30-17-18-10-5-3-6-11-18/h3-8,10-13H,2,9,14-17H2,1H3. The first-order valence-corrected chi connectivity index (χ1v) is 11.3. The minimum absolute atomic E-state index is 0.00102. The van der Waals surface area contributed by atoms with Crippen LogP contribution in [0.4, 0.5) is 5.69 Å². The van der Waals surface area contributed by atoms with Crippen molar-refractivity contribution in [2.45, 2.75) is 43.6 Å². The van der Waals surface area contributed by atoms with E-state index in [1.54, 1.807) is 9.47 Å². The summed E-state index contributed by atoms with van der Waals surface area (Å²) >= 11 is 1.52. The van der Waals surface area contributed by atoms with E-state index in [9.17, 15) is 9.59 Å². The first-order valence-electron chi connectivity index (χ1n) is 10.3. The van der Waals surface area contributed by atoms with Gasteiger partial charge in [-0.25, -0.2) is 4.98 Å². The van der Waals surface area contributed by atoms with Gasteiger partial charge in [0.25, 0.3) is 5.56 Å². The van der Waals surface area contributed by atoms with Gasteiger partial charge in [-0.2, -0.15) is 0 Å². The zero-order valence-electron chi connectivity index (χ0n) is 17.1. The van der Waals surface area contributed by atoms with E-state index in [1.807, 2.05) is 55.5 Å². The average Bonchev–Trinajstić information content (AvgIpc) is 3.25. The Kier molecular flexibility index (Phi) is 6.33. The summed E-state index contributed by atoms with van der Waals surface area (Å²) in [5.41, 5.74) is 3.61. The van der Waals surface area contributed by atoms with Crippen LogP contribution in [0.3, 0.4) is 0 Å². The lowest BCUT2D eigenvalue weighted by Gasteiger charge is -2.22. The lowest BCUT2D eigenvalue weighted by Crippen LogP contribution is -2.38. The SMILES string of the molecule is CCN(C(=O)Cn1c(SCc2ccccc2)nc2c(c1=O)CCC2)c1ccccc1. The highest BCUT2D eigenvalue weighted by atomic mass is 32.2. The molecule has 2 aromatic carbocycles. The van der Waals surface area contributed by atoms with Crippen LogP contribution in [-0.4, -0.2) is 22.0 Å². The molecule has 0 aliphatic heterocycles. The molecule has 1 aromatic heterocycles. The highest BCUT2D eigenvalue weighted by Crippen LogP contribution is 2.25. The first kappa shape index (κ1) is 20.4. The molecule has 0 saturated carbocycles. The van der Waals surface area contributed by atoms with Gasteiger partial charge in [0.1, 0.15) is 6.54 Å². The number of carbonyl (C=O) groups excluding carboxylic acids is 1. The summed E-state index contributed by atoms with van der Waals surface area (Å²) in [6, 6.07) is 19.7. The van der Waals surface area contributed by atoms with E-state index in [0.717, 1.165) is 41.8 Å². The summed E-state index contributed by atoms with van der Waals surface area (Å²) in [6.07, 6.45) is 2.53. The molecule has 154 valence electrons. The van der Waals surface area contributed by atoms with Gasteiger partial charge in [-0.05, 0) is 43.9 Å². The Balaban J connectivity index is 1.64. The number of hydrogen-bond donors (Lipinski definition) is 0. The summed E-state index contributed by atoms with van der Waals surface area (Å²) in [6.45, 7) is 2.49. The number of para-hydroxylation sites is 1. The number of thioether (sulfide) groups is 1. The van der Waals surface area contributed by atoms with E-state index in [-0.39, 0.29) is 18.0 Å². The maximum Gasteiger partial charge on any atom is 0.258 e. The third-order valence-electron chi connectivity index (χ3n) is 5.34. The molecule has 1 aliphatic rings. The molecule has 5 nitrogen and oxygen atoms in total. The average molecular weight is 420 g/mol. The molecular weight excluding hydrogens is 394 g/mol. The van der Waals surface area contributed by atoms with Crippen LogP contribution in [0.5, 0.6) is 0 Å². The van der Waals surface area contributed by atoms with Crippen LogP contribution < -0.4 is 10.5 Å².